The molecule has 1 rings (SSSR count). The smallest absolute Gasteiger partial charge is 0.374 e. The van der Waals surface area contributed by atoms with Crippen molar-refractivity contribution in [2.75, 3.05) is 26.4 Å². The minimum Gasteiger partial charge on any atom is -0.463 e. The minimum absolute atomic E-state index is 0.238. The van der Waals surface area contributed by atoms with Crippen molar-refractivity contribution >= 4 is 14.5 Å². The maximum Gasteiger partial charge on any atom is 0.374 e. The van der Waals surface area contributed by atoms with Crippen LogP contribution in [0.3, 0.4) is 0 Å². The van der Waals surface area contributed by atoms with Crippen LogP contribution in [0.2, 0.25) is 6.04 Å². The van der Waals surface area contributed by atoms with Gasteiger partial charge in [0.25, 0.3) is 0 Å². The molecule has 0 aliphatic carbocycles. The summed E-state index contributed by atoms with van der Waals surface area (Å²) in [6.45, 7) is 9.34. The standard InChI is InChI=1S/C14H28O5Si/c1-5-17-14(12-16-13(4)15)10-8-9-11-20(14,18-6-2)19-7-3/h5-12H2,1-4H3. The van der Waals surface area contributed by atoms with E-state index in [1.165, 1.54) is 6.92 Å². The van der Waals surface area contributed by atoms with E-state index in [4.69, 9.17) is 18.3 Å². The molecule has 118 valence electrons. The molecule has 1 unspecified atom stereocenters. The Morgan fingerprint density at radius 1 is 1.10 bits per heavy atom. The van der Waals surface area contributed by atoms with Crippen molar-refractivity contribution in [3.8, 4) is 0 Å². The third kappa shape index (κ3) is 3.81. The Morgan fingerprint density at radius 3 is 2.25 bits per heavy atom. The molecule has 5 nitrogen and oxygen atoms in total. The van der Waals surface area contributed by atoms with Gasteiger partial charge in [-0.3, -0.25) is 4.79 Å². The molecule has 20 heavy (non-hydrogen) atoms. The third-order valence-electron chi connectivity index (χ3n) is 3.71. The minimum atomic E-state index is -2.55. The van der Waals surface area contributed by atoms with Crippen LogP contribution in [0.1, 0.15) is 47.0 Å². The molecule has 1 atom stereocenters. The lowest BCUT2D eigenvalue weighted by molar-refractivity contribution is -0.151. The van der Waals surface area contributed by atoms with Crippen LogP contribution >= 0.6 is 0 Å². The lowest BCUT2D eigenvalue weighted by Crippen LogP contribution is -2.68. The number of hydrogen-bond acceptors (Lipinski definition) is 5. The first-order chi connectivity index (χ1) is 9.56. The molecule has 0 aromatic carbocycles. The van der Waals surface area contributed by atoms with Crippen LogP contribution in [0.15, 0.2) is 0 Å². The zero-order valence-corrected chi connectivity index (χ0v) is 14.2. The van der Waals surface area contributed by atoms with E-state index in [9.17, 15) is 4.79 Å². The van der Waals surface area contributed by atoms with E-state index in [2.05, 4.69) is 0 Å². The summed E-state index contributed by atoms with van der Waals surface area (Å²) in [6.07, 6.45) is 2.97. The predicted octanol–water partition coefficient (Wildman–Crippen LogP) is 2.56. The molecule has 1 aliphatic heterocycles. The van der Waals surface area contributed by atoms with Crippen molar-refractivity contribution in [3.63, 3.8) is 0 Å². The number of rotatable bonds is 8. The average molecular weight is 304 g/mol. The second-order valence-electron chi connectivity index (χ2n) is 5.03. The number of esters is 1. The van der Waals surface area contributed by atoms with E-state index < -0.39 is 13.8 Å². The quantitative estimate of drug-likeness (QED) is 0.509. The molecule has 0 aromatic rings. The van der Waals surface area contributed by atoms with Crippen LogP contribution in [0.5, 0.6) is 0 Å². The molecule has 0 saturated carbocycles. The molecule has 6 heteroatoms. The van der Waals surface area contributed by atoms with Crippen molar-refractivity contribution in [1.29, 1.82) is 0 Å². The summed E-state index contributed by atoms with van der Waals surface area (Å²) in [6, 6.07) is 0.899. The lowest BCUT2D eigenvalue weighted by Gasteiger charge is -2.48. The predicted molar refractivity (Wildman–Crippen MR) is 78.7 cm³/mol. The first-order valence-corrected chi connectivity index (χ1v) is 9.63. The van der Waals surface area contributed by atoms with E-state index in [0.717, 1.165) is 25.3 Å². The summed E-state index contributed by atoms with van der Waals surface area (Å²) >= 11 is 0. The van der Waals surface area contributed by atoms with Crippen molar-refractivity contribution in [2.45, 2.75) is 58.2 Å². The Labute approximate surface area is 123 Å². The molecular formula is C14H28O5Si. The van der Waals surface area contributed by atoms with Crippen molar-refractivity contribution in [2.24, 2.45) is 0 Å². The van der Waals surface area contributed by atoms with Crippen LogP contribution in [-0.2, 0) is 23.1 Å². The van der Waals surface area contributed by atoms with E-state index in [-0.39, 0.29) is 12.6 Å². The molecule has 1 saturated heterocycles. The van der Waals surface area contributed by atoms with Gasteiger partial charge in [-0.2, -0.15) is 0 Å². The van der Waals surface area contributed by atoms with E-state index in [1.807, 2.05) is 20.8 Å². The Bertz CT molecular complexity index is 294. The summed E-state index contributed by atoms with van der Waals surface area (Å²) in [5.41, 5.74) is 0. The third-order valence-corrected chi connectivity index (χ3v) is 8.16. The maximum absolute atomic E-state index is 11.2. The summed E-state index contributed by atoms with van der Waals surface area (Å²) in [5, 5.41) is -0.572. The molecule has 0 N–H and O–H groups in total. The van der Waals surface area contributed by atoms with Gasteiger partial charge in [-0.05, 0) is 33.2 Å². The van der Waals surface area contributed by atoms with Gasteiger partial charge in [-0.25, -0.2) is 0 Å². The van der Waals surface area contributed by atoms with Crippen molar-refractivity contribution in [1.82, 2.24) is 0 Å². The molecule has 0 spiro atoms. The number of carbonyl (C=O) groups is 1. The van der Waals surface area contributed by atoms with Gasteiger partial charge >= 0.3 is 14.5 Å². The second-order valence-corrected chi connectivity index (χ2v) is 8.53. The van der Waals surface area contributed by atoms with Gasteiger partial charge in [0.1, 0.15) is 11.8 Å². The SMILES string of the molecule is CCOC1(COC(C)=O)CCCC[Si]1(OCC)OCC. The van der Waals surface area contributed by atoms with Crippen LogP contribution in [0.25, 0.3) is 0 Å². The average Bonchev–Trinajstić information content (AvgIpc) is 2.40. The fourth-order valence-electron chi connectivity index (χ4n) is 3.00. The van der Waals surface area contributed by atoms with Crippen LogP contribution in [0, 0.1) is 0 Å². The molecule has 0 amide bonds. The van der Waals surface area contributed by atoms with Gasteiger partial charge < -0.3 is 18.3 Å². The van der Waals surface area contributed by atoms with E-state index in [0.29, 0.717) is 19.8 Å². The second kappa shape index (κ2) is 8.12. The number of carbonyl (C=O) groups excluding carboxylic acids is 1. The summed E-state index contributed by atoms with van der Waals surface area (Å²) in [4.78, 5) is 11.2. The topological polar surface area (TPSA) is 54.0 Å². The van der Waals surface area contributed by atoms with E-state index >= 15 is 0 Å². The fraction of sp³-hybridized carbons (Fsp3) is 0.929. The van der Waals surface area contributed by atoms with Crippen molar-refractivity contribution < 1.29 is 23.1 Å². The largest absolute Gasteiger partial charge is 0.463 e. The zero-order chi connectivity index (χ0) is 15.1. The first-order valence-electron chi connectivity index (χ1n) is 7.61. The maximum atomic E-state index is 11.2. The van der Waals surface area contributed by atoms with Gasteiger partial charge in [-0.1, -0.05) is 12.8 Å². The van der Waals surface area contributed by atoms with Crippen molar-refractivity contribution in [3.05, 3.63) is 0 Å². The summed E-state index contributed by atoms with van der Waals surface area (Å²) < 4.78 is 23.6. The lowest BCUT2D eigenvalue weighted by atomic mass is 10.1. The Morgan fingerprint density at radius 2 is 1.75 bits per heavy atom. The highest BCUT2D eigenvalue weighted by Crippen LogP contribution is 2.41. The Kier molecular flexibility index (Phi) is 7.15. The van der Waals surface area contributed by atoms with Gasteiger partial charge in [0, 0.05) is 26.7 Å². The molecule has 1 fully saturated rings. The number of ether oxygens (including phenoxy) is 2. The van der Waals surface area contributed by atoms with Gasteiger partial charge in [0.2, 0.25) is 0 Å². The monoisotopic (exact) mass is 304 g/mol. The highest BCUT2D eigenvalue weighted by Gasteiger charge is 2.61. The molecule has 0 radical (unpaired) electrons. The Balaban J connectivity index is 3.05. The summed E-state index contributed by atoms with van der Waals surface area (Å²) in [5.74, 6) is -0.287. The van der Waals surface area contributed by atoms with Gasteiger partial charge in [0.05, 0.1) is 0 Å². The normalized spacial score (nSPS) is 25.4. The molecular weight excluding hydrogens is 276 g/mol. The molecule has 1 aliphatic rings. The number of hydrogen-bond donors (Lipinski definition) is 0. The Hall–Kier alpha value is -0.433. The molecule has 0 bridgehead atoms. The van der Waals surface area contributed by atoms with E-state index in [1.54, 1.807) is 0 Å². The van der Waals surface area contributed by atoms with Gasteiger partial charge in [-0.15, -0.1) is 0 Å². The highest BCUT2D eigenvalue weighted by atomic mass is 28.4. The molecule has 1 heterocycles. The zero-order valence-electron chi connectivity index (χ0n) is 13.2. The molecule has 0 aromatic heterocycles. The first kappa shape index (κ1) is 17.6. The van der Waals surface area contributed by atoms with Crippen LogP contribution < -0.4 is 0 Å². The highest BCUT2D eigenvalue weighted by molar-refractivity contribution is 6.71. The van der Waals surface area contributed by atoms with Crippen LogP contribution in [-0.4, -0.2) is 46.2 Å². The summed E-state index contributed by atoms with van der Waals surface area (Å²) in [7, 11) is -2.55. The van der Waals surface area contributed by atoms with Crippen LogP contribution in [0.4, 0.5) is 0 Å². The van der Waals surface area contributed by atoms with Gasteiger partial charge in [0.15, 0.2) is 0 Å². The fourth-order valence-corrected chi connectivity index (χ4v) is 7.22.